The van der Waals surface area contributed by atoms with Crippen molar-refractivity contribution in [3.8, 4) is 5.75 Å². The molecule has 1 amide bonds. The predicted molar refractivity (Wildman–Crippen MR) is 108 cm³/mol. The van der Waals surface area contributed by atoms with E-state index in [0.29, 0.717) is 23.7 Å². The first-order valence-corrected chi connectivity index (χ1v) is 11.0. The van der Waals surface area contributed by atoms with E-state index in [-0.39, 0.29) is 17.3 Å². The minimum atomic E-state index is -3.76. The van der Waals surface area contributed by atoms with Crippen LogP contribution in [0.25, 0.3) is 0 Å². The first kappa shape index (κ1) is 19.6. The molecule has 2 aromatic rings. The van der Waals surface area contributed by atoms with E-state index < -0.39 is 10.0 Å². The second-order valence-electron chi connectivity index (χ2n) is 6.02. The molecule has 8 heteroatoms. The quantitative estimate of drug-likeness (QED) is 0.762. The van der Waals surface area contributed by atoms with Crippen LogP contribution < -0.4 is 13.9 Å². The van der Waals surface area contributed by atoms with Crippen molar-refractivity contribution in [3.05, 3.63) is 42.5 Å². The summed E-state index contributed by atoms with van der Waals surface area (Å²) >= 11 is 1.63. The van der Waals surface area contributed by atoms with Gasteiger partial charge in [0.05, 0.1) is 23.4 Å². The molecule has 2 aromatic carbocycles. The van der Waals surface area contributed by atoms with Crippen molar-refractivity contribution in [3.63, 3.8) is 0 Å². The normalized spacial score (nSPS) is 13.8. The fourth-order valence-electron chi connectivity index (χ4n) is 3.05. The van der Waals surface area contributed by atoms with Gasteiger partial charge >= 0.3 is 0 Å². The van der Waals surface area contributed by atoms with Crippen LogP contribution in [0, 0.1) is 0 Å². The summed E-state index contributed by atoms with van der Waals surface area (Å²) < 4.78 is 33.0. The predicted octanol–water partition coefficient (Wildman–Crippen LogP) is 3.37. The molecule has 0 aliphatic carbocycles. The highest BCUT2D eigenvalue weighted by Gasteiger charge is 2.27. The Hall–Kier alpha value is -2.19. The summed E-state index contributed by atoms with van der Waals surface area (Å²) in [5, 5.41) is 0. The van der Waals surface area contributed by atoms with Crippen LogP contribution in [0.5, 0.6) is 5.75 Å². The molecule has 1 aliphatic rings. The third kappa shape index (κ3) is 3.77. The Morgan fingerprint density at radius 2 is 1.93 bits per heavy atom. The lowest BCUT2D eigenvalue weighted by molar-refractivity contribution is -0.116. The topological polar surface area (TPSA) is 66.9 Å². The van der Waals surface area contributed by atoms with Gasteiger partial charge in [-0.3, -0.25) is 9.10 Å². The first-order chi connectivity index (χ1) is 12.9. The molecule has 0 spiro atoms. The zero-order chi connectivity index (χ0) is 19.6. The Morgan fingerprint density at radius 3 is 2.52 bits per heavy atom. The lowest BCUT2D eigenvalue weighted by atomic mass is 10.2. The van der Waals surface area contributed by atoms with Crippen molar-refractivity contribution in [1.29, 1.82) is 0 Å². The third-order valence-corrected chi connectivity index (χ3v) is 7.35. The first-order valence-electron chi connectivity index (χ1n) is 8.60. The largest absolute Gasteiger partial charge is 0.497 e. The Kier molecular flexibility index (Phi) is 5.67. The van der Waals surface area contributed by atoms with E-state index in [9.17, 15) is 13.2 Å². The van der Waals surface area contributed by atoms with E-state index >= 15 is 0 Å². The van der Waals surface area contributed by atoms with Crippen LogP contribution in [0.15, 0.2) is 52.3 Å². The maximum Gasteiger partial charge on any atom is 0.264 e. The number of benzene rings is 2. The van der Waals surface area contributed by atoms with Crippen LogP contribution in [0.1, 0.15) is 13.8 Å². The van der Waals surface area contributed by atoms with E-state index in [1.165, 1.54) is 11.2 Å². The number of carbonyl (C=O) groups is 1. The van der Waals surface area contributed by atoms with Crippen molar-refractivity contribution in [2.45, 2.75) is 23.6 Å². The van der Waals surface area contributed by atoms with Gasteiger partial charge in [-0.25, -0.2) is 8.42 Å². The number of amides is 1. The average molecular weight is 407 g/mol. The zero-order valence-electron chi connectivity index (χ0n) is 15.5. The summed E-state index contributed by atoms with van der Waals surface area (Å²) in [4.78, 5) is 14.7. The van der Waals surface area contributed by atoms with Crippen molar-refractivity contribution >= 4 is 39.1 Å². The molecule has 6 nitrogen and oxygen atoms in total. The smallest absolute Gasteiger partial charge is 0.264 e. The summed E-state index contributed by atoms with van der Waals surface area (Å²) in [6, 6.07) is 11.9. The van der Waals surface area contributed by atoms with E-state index in [2.05, 4.69) is 0 Å². The highest BCUT2D eigenvalue weighted by atomic mass is 32.2. The molecule has 3 rings (SSSR count). The van der Waals surface area contributed by atoms with Crippen LogP contribution >= 0.6 is 11.8 Å². The van der Waals surface area contributed by atoms with Gasteiger partial charge in [0.2, 0.25) is 5.91 Å². The van der Waals surface area contributed by atoms with Crippen LogP contribution in [0.2, 0.25) is 0 Å². The molecule has 144 valence electrons. The molecule has 0 atom stereocenters. The number of rotatable bonds is 5. The van der Waals surface area contributed by atoms with E-state index in [0.717, 1.165) is 10.6 Å². The minimum Gasteiger partial charge on any atom is -0.497 e. The molecule has 0 N–H and O–H groups in total. The van der Waals surface area contributed by atoms with Crippen LogP contribution in [0.4, 0.5) is 11.4 Å². The Morgan fingerprint density at radius 1 is 1.22 bits per heavy atom. The highest BCUT2D eigenvalue weighted by Crippen LogP contribution is 2.37. The number of carbonyl (C=O) groups excluding carboxylic acids is 1. The van der Waals surface area contributed by atoms with Gasteiger partial charge in [0.1, 0.15) is 5.75 Å². The number of fused-ring (bicyclic) bond motifs is 1. The van der Waals surface area contributed by atoms with Gasteiger partial charge in [-0.05, 0) is 49.4 Å². The number of nitrogens with zero attached hydrogens (tertiary/aromatic N) is 2. The van der Waals surface area contributed by atoms with Gasteiger partial charge < -0.3 is 9.64 Å². The van der Waals surface area contributed by atoms with Gasteiger partial charge in [0, 0.05) is 30.7 Å². The molecule has 1 heterocycles. The van der Waals surface area contributed by atoms with Crippen LogP contribution in [0.3, 0.4) is 0 Å². The Balaban J connectivity index is 2.02. The molecule has 0 radical (unpaired) electrons. The summed E-state index contributed by atoms with van der Waals surface area (Å²) in [6.45, 7) is 4.15. The van der Waals surface area contributed by atoms with Crippen molar-refractivity contribution < 1.29 is 17.9 Å². The zero-order valence-corrected chi connectivity index (χ0v) is 17.1. The lowest BCUT2D eigenvalue weighted by Crippen LogP contribution is -2.34. The highest BCUT2D eigenvalue weighted by molar-refractivity contribution is 7.99. The van der Waals surface area contributed by atoms with E-state index in [1.807, 2.05) is 0 Å². The molecular weight excluding hydrogens is 384 g/mol. The number of thioether (sulfide) groups is 1. The van der Waals surface area contributed by atoms with Crippen molar-refractivity contribution in [2.24, 2.45) is 0 Å². The number of ether oxygens (including phenoxy) is 1. The molecule has 27 heavy (non-hydrogen) atoms. The fraction of sp³-hybridized carbons (Fsp3) is 0.316. The fourth-order valence-corrected chi connectivity index (χ4v) is 5.52. The maximum atomic E-state index is 13.3. The molecule has 1 aliphatic heterocycles. The Labute approximate surface area is 164 Å². The average Bonchev–Trinajstić information content (AvgIpc) is 2.67. The number of anilines is 2. The van der Waals surface area contributed by atoms with Gasteiger partial charge in [-0.2, -0.15) is 0 Å². The number of methoxy groups -OCH3 is 1. The molecule has 0 fully saturated rings. The standard InChI is InChI=1S/C19H22N2O4S2/c1-4-21(15-5-7-16(25-3)8-6-15)27(23,24)17-9-10-19-18(13-17)20(14(2)22)11-12-26-19/h5-10,13H,4,11-12H2,1-3H3. The van der Waals surface area contributed by atoms with Crippen molar-refractivity contribution in [1.82, 2.24) is 0 Å². The van der Waals surface area contributed by atoms with Gasteiger partial charge in [0.25, 0.3) is 10.0 Å². The van der Waals surface area contributed by atoms with Gasteiger partial charge in [0.15, 0.2) is 0 Å². The van der Waals surface area contributed by atoms with Gasteiger partial charge in [-0.1, -0.05) is 0 Å². The van der Waals surface area contributed by atoms with E-state index in [4.69, 9.17) is 4.74 Å². The molecule has 0 saturated carbocycles. The molecule has 0 bridgehead atoms. The second-order valence-corrected chi connectivity index (χ2v) is 9.02. The number of sulfonamides is 1. The lowest BCUT2D eigenvalue weighted by Gasteiger charge is -2.29. The van der Waals surface area contributed by atoms with Gasteiger partial charge in [-0.15, -0.1) is 11.8 Å². The monoisotopic (exact) mass is 406 g/mol. The van der Waals surface area contributed by atoms with Crippen LogP contribution in [-0.2, 0) is 14.8 Å². The summed E-state index contributed by atoms with van der Waals surface area (Å²) in [5.41, 5.74) is 1.22. The number of hydrogen-bond acceptors (Lipinski definition) is 5. The van der Waals surface area contributed by atoms with E-state index in [1.54, 1.807) is 73.2 Å². The van der Waals surface area contributed by atoms with Crippen molar-refractivity contribution in [2.75, 3.05) is 35.2 Å². The number of hydrogen-bond donors (Lipinski definition) is 0. The van der Waals surface area contributed by atoms with Crippen LogP contribution in [-0.4, -0.2) is 40.3 Å². The molecular formula is C19H22N2O4S2. The third-order valence-electron chi connectivity index (χ3n) is 4.41. The molecule has 0 aromatic heterocycles. The maximum absolute atomic E-state index is 13.3. The minimum absolute atomic E-state index is 0.0893. The summed E-state index contributed by atoms with van der Waals surface area (Å²) in [5.74, 6) is 1.37. The molecule has 0 saturated heterocycles. The SMILES string of the molecule is CCN(c1ccc(OC)cc1)S(=O)(=O)c1ccc2c(c1)N(C(C)=O)CCS2. The summed E-state index contributed by atoms with van der Waals surface area (Å²) in [6.07, 6.45) is 0. The second kappa shape index (κ2) is 7.82. The molecule has 0 unspecified atom stereocenters. The summed E-state index contributed by atoms with van der Waals surface area (Å²) in [7, 11) is -2.20. The Bertz CT molecular complexity index is 943.